The van der Waals surface area contributed by atoms with E-state index in [1.807, 2.05) is 13.8 Å². The van der Waals surface area contributed by atoms with Gasteiger partial charge in [0, 0.05) is 5.69 Å². The van der Waals surface area contributed by atoms with Crippen LogP contribution in [0.25, 0.3) is 0 Å². The van der Waals surface area contributed by atoms with Gasteiger partial charge < -0.3 is 14.8 Å². The molecule has 0 saturated heterocycles. The third kappa shape index (κ3) is 5.63. The summed E-state index contributed by atoms with van der Waals surface area (Å²) in [6.07, 6.45) is 2.41. The van der Waals surface area contributed by atoms with Crippen LogP contribution in [-0.2, 0) is 19.1 Å². The molecular weight excluding hydrogens is 460 g/mol. The monoisotopic (exact) mass is 484 g/mol. The number of nitrogens with one attached hydrogen (secondary N) is 1. The Kier molecular flexibility index (Phi) is 8.43. The zero-order valence-corrected chi connectivity index (χ0v) is 19.7. The molecule has 2 aromatic rings. The number of ether oxygens (including phenoxy) is 2. The number of carbonyl (C=O) groups excluding carboxylic acids is 4. The van der Waals surface area contributed by atoms with Crippen LogP contribution in [0.3, 0.4) is 0 Å². The SMILES string of the molecule is CCCCOC(=O)c1ccc(NC2=C(Cl)C(=O)N(c3ccc(C(=O)OCCC)cc3)C2=O)cc1. The Morgan fingerprint density at radius 2 is 1.38 bits per heavy atom. The van der Waals surface area contributed by atoms with E-state index >= 15 is 0 Å². The van der Waals surface area contributed by atoms with Crippen molar-refractivity contribution in [2.24, 2.45) is 0 Å². The summed E-state index contributed by atoms with van der Waals surface area (Å²) < 4.78 is 10.2. The Morgan fingerprint density at radius 3 is 1.94 bits per heavy atom. The molecule has 0 atom stereocenters. The van der Waals surface area contributed by atoms with Crippen LogP contribution in [0.5, 0.6) is 0 Å². The second-order valence-electron chi connectivity index (χ2n) is 7.51. The minimum atomic E-state index is -0.688. The molecule has 2 aromatic carbocycles. The molecule has 8 nitrogen and oxygen atoms in total. The van der Waals surface area contributed by atoms with Crippen molar-refractivity contribution in [1.29, 1.82) is 0 Å². The van der Waals surface area contributed by atoms with Crippen molar-refractivity contribution in [1.82, 2.24) is 0 Å². The first-order chi connectivity index (χ1) is 16.4. The molecule has 9 heteroatoms. The Balaban J connectivity index is 1.69. The molecule has 3 rings (SSSR count). The fourth-order valence-electron chi connectivity index (χ4n) is 3.10. The normalized spacial score (nSPS) is 13.3. The van der Waals surface area contributed by atoms with Crippen molar-refractivity contribution in [3.63, 3.8) is 0 Å². The highest BCUT2D eigenvalue weighted by Crippen LogP contribution is 2.30. The van der Waals surface area contributed by atoms with E-state index in [1.165, 1.54) is 24.3 Å². The predicted octanol–water partition coefficient (Wildman–Crippen LogP) is 4.65. The van der Waals surface area contributed by atoms with Gasteiger partial charge in [-0.25, -0.2) is 14.5 Å². The number of nitrogens with zero attached hydrogens (tertiary/aromatic N) is 1. The zero-order valence-electron chi connectivity index (χ0n) is 18.9. The van der Waals surface area contributed by atoms with E-state index in [1.54, 1.807) is 24.3 Å². The highest BCUT2D eigenvalue weighted by Gasteiger charge is 2.39. The molecule has 0 saturated carbocycles. The van der Waals surface area contributed by atoms with Gasteiger partial charge >= 0.3 is 11.9 Å². The number of esters is 2. The number of hydrogen-bond acceptors (Lipinski definition) is 7. The summed E-state index contributed by atoms with van der Waals surface area (Å²) in [4.78, 5) is 50.5. The lowest BCUT2D eigenvalue weighted by Crippen LogP contribution is -2.32. The number of imide groups is 1. The van der Waals surface area contributed by atoms with Gasteiger partial charge in [-0.2, -0.15) is 0 Å². The van der Waals surface area contributed by atoms with Gasteiger partial charge in [0.25, 0.3) is 11.8 Å². The maximum atomic E-state index is 12.9. The van der Waals surface area contributed by atoms with Gasteiger partial charge in [0.1, 0.15) is 10.7 Å². The Labute approximate surface area is 202 Å². The maximum Gasteiger partial charge on any atom is 0.338 e. The molecule has 0 spiro atoms. The number of hydrogen-bond donors (Lipinski definition) is 1. The third-order valence-electron chi connectivity index (χ3n) is 4.95. The fourth-order valence-corrected chi connectivity index (χ4v) is 3.31. The maximum absolute atomic E-state index is 12.9. The minimum Gasteiger partial charge on any atom is -0.462 e. The van der Waals surface area contributed by atoms with E-state index in [4.69, 9.17) is 21.1 Å². The topological polar surface area (TPSA) is 102 Å². The average Bonchev–Trinajstić information content (AvgIpc) is 3.06. The van der Waals surface area contributed by atoms with Crippen LogP contribution in [0.15, 0.2) is 59.3 Å². The molecule has 0 radical (unpaired) electrons. The number of halogens is 1. The summed E-state index contributed by atoms with van der Waals surface area (Å²) >= 11 is 6.17. The summed E-state index contributed by atoms with van der Waals surface area (Å²) in [5.41, 5.74) is 1.32. The molecule has 178 valence electrons. The highest BCUT2D eigenvalue weighted by molar-refractivity contribution is 6.53. The first-order valence-corrected chi connectivity index (χ1v) is 11.3. The first kappa shape index (κ1) is 25.0. The van der Waals surface area contributed by atoms with Crippen molar-refractivity contribution >= 4 is 46.7 Å². The van der Waals surface area contributed by atoms with Gasteiger partial charge in [-0.3, -0.25) is 9.59 Å². The number of rotatable bonds is 10. The summed E-state index contributed by atoms with van der Waals surface area (Å²) in [5, 5.41) is 2.59. The summed E-state index contributed by atoms with van der Waals surface area (Å²) in [7, 11) is 0. The molecule has 34 heavy (non-hydrogen) atoms. The van der Waals surface area contributed by atoms with Crippen LogP contribution in [0.2, 0.25) is 0 Å². The van der Waals surface area contributed by atoms with E-state index in [2.05, 4.69) is 5.32 Å². The van der Waals surface area contributed by atoms with Crippen molar-refractivity contribution in [3.05, 3.63) is 70.4 Å². The molecule has 2 amide bonds. The van der Waals surface area contributed by atoms with Crippen molar-refractivity contribution in [2.75, 3.05) is 23.4 Å². The Bertz CT molecular complexity index is 1110. The van der Waals surface area contributed by atoms with E-state index in [0.29, 0.717) is 36.4 Å². The second kappa shape index (κ2) is 11.5. The number of anilines is 2. The smallest absolute Gasteiger partial charge is 0.338 e. The second-order valence-corrected chi connectivity index (χ2v) is 7.89. The quantitative estimate of drug-likeness (QED) is 0.297. The van der Waals surface area contributed by atoms with Crippen LogP contribution in [0, 0.1) is 0 Å². The number of carbonyl (C=O) groups is 4. The largest absolute Gasteiger partial charge is 0.462 e. The molecular formula is C25H25ClN2O6. The van der Waals surface area contributed by atoms with Gasteiger partial charge in [0.2, 0.25) is 0 Å². The summed E-state index contributed by atoms with van der Waals surface area (Å²) in [6, 6.07) is 12.2. The molecule has 0 aliphatic carbocycles. The van der Waals surface area contributed by atoms with Gasteiger partial charge in [-0.05, 0) is 61.4 Å². The van der Waals surface area contributed by atoms with E-state index < -0.39 is 23.8 Å². The van der Waals surface area contributed by atoms with E-state index in [0.717, 1.165) is 17.7 Å². The molecule has 0 unspecified atom stereocenters. The Morgan fingerprint density at radius 1 is 0.824 bits per heavy atom. The molecule has 1 aliphatic rings. The van der Waals surface area contributed by atoms with Gasteiger partial charge in [-0.1, -0.05) is 31.9 Å². The van der Waals surface area contributed by atoms with Crippen molar-refractivity contribution < 1.29 is 28.7 Å². The average molecular weight is 485 g/mol. The van der Waals surface area contributed by atoms with Crippen molar-refractivity contribution in [3.8, 4) is 0 Å². The standard InChI is InChI=1S/C25H25ClN2O6/c1-3-5-15-34-25(32)16-6-10-18(11-7-16)27-21-20(26)22(29)28(23(21)30)19-12-8-17(9-13-19)24(31)33-14-4-2/h6-13,27H,3-5,14-15H2,1-2H3. The van der Waals surface area contributed by atoms with Gasteiger partial charge in [0.05, 0.1) is 30.0 Å². The van der Waals surface area contributed by atoms with Crippen LogP contribution < -0.4 is 10.2 Å². The molecule has 0 aromatic heterocycles. The molecule has 0 bridgehead atoms. The van der Waals surface area contributed by atoms with Crippen LogP contribution in [0.4, 0.5) is 11.4 Å². The fraction of sp³-hybridized carbons (Fsp3) is 0.280. The van der Waals surface area contributed by atoms with Crippen LogP contribution >= 0.6 is 11.6 Å². The first-order valence-electron chi connectivity index (χ1n) is 11.0. The highest BCUT2D eigenvalue weighted by atomic mass is 35.5. The number of unbranched alkanes of at least 4 members (excludes halogenated alkanes) is 1. The lowest BCUT2D eigenvalue weighted by Gasteiger charge is -2.15. The van der Waals surface area contributed by atoms with Crippen molar-refractivity contribution in [2.45, 2.75) is 33.1 Å². The number of amides is 2. The lowest BCUT2D eigenvalue weighted by atomic mass is 10.2. The van der Waals surface area contributed by atoms with E-state index in [9.17, 15) is 19.2 Å². The summed E-state index contributed by atoms with van der Waals surface area (Å²) in [5.74, 6) is -2.24. The van der Waals surface area contributed by atoms with E-state index in [-0.39, 0.29) is 16.4 Å². The number of benzene rings is 2. The lowest BCUT2D eigenvalue weighted by molar-refractivity contribution is -0.120. The van der Waals surface area contributed by atoms with Crippen LogP contribution in [0.1, 0.15) is 53.8 Å². The minimum absolute atomic E-state index is 0.0867. The van der Waals surface area contributed by atoms with Gasteiger partial charge in [-0.15, -0.1) is 0 Å². The Hall–Kier alpha value is -3.65. The third-order valence-corrected chi connectivity index (χ3v) is 5.30. The zero-order chi connectivity index (χ0) is 24.7. The molecule has 1 heterocycles. The predicted molar refractivity (Wildman–Crippen MR) is 128 cm³/mol. The van der Waals surface area contributed by atoms with Crippen LogP contribution in [-0.4, -0.2) is 37.0 Å². The molecule has 1 aliphatic heterocycles. The van der Waals surface area contributed by atoms with Gasteiger partial charge in [0.15, 0.2) is 0 Å². The molecule has 0 fully saturated rings. The summed E-state index contributed by atoms with van der Waals surface area (Å²) in [6.45, 7) is 4.55. The molecule has 1 N–H and O–H groups in total.